The molecule has 0 saturated carbocycles. The number of thiazole rings is 1. The smallest absolute Gasteiger partial charge is 0.225 e. The summed E-state index contributed by atoms with van der Waals surface area (Å²) < 4.78 is 1.02. The Morgan fingerprint density at radius 1 is 1.07 bits per heavy atom. The highest BCUT2D eigenvalue weighted by atomic mass is 32.1. The van der Waals surface area contributed by atoms with E-state index in [4.69, 9.17) is 0 Å². The number of hydrogen-bond donors (Lipinski definition) is 2. The first-order chi connectivity index (χ1) is 14.5. The second-order valence-electron chi connectivity index (χ2n) is 7.30. The van der Waals surface area contributed by atoms with E-state index in [2.05, 4.69) is 45.8 Å². The van der Waals surface area contributed by atoms with E-state index >= 15 is 0 Å². The zero-order valence-electron chi connectivity index (χ0n) is 17.5. The van der Waals surface area contributed by atoms with Gasteiger partial charge in [0.25, 0.3) is 0 Å². The van der Waals surface area contributed by atoms with Gasteiger partial charge in [0.15, 0.2) is 5.13 Å². The van der Waals surface area contributed by atoms with Crippen LogP contribution in [-0.2, 0) is 22.6 Å². The Morgan fingerprint density at radius 3 is 2.63 bits per heavy atom. The molecule has 0 aliphatic carbocycles. The van der Waals surface area contributed by atoms with E-state index in [0.29, 0.717) is 30.9 Å². The topological polar surface area (TPSA) is 74.3 Å². The van der Waals surface area contributed by atoms with E-state index in [1.807, 2.05) is 37.3 Å². The van der Waals surface area contributed by atoms with Crippen LogP contribution in [-0.4, -0.2) is 41.8 Å². The summed E-state index contributed by atoms with van der Waals surface area (Å²) in [6.45, 7) is 4.12. The summed E-state index contributed by atoms with van der Waals surface area (Å²) >= 11 is 1.46. The maximum Gasteiger partial charge on any atom is 0.225 e. The van der Waals surface area contributed by atoms with E-state index in [1.165, 1.54) is 16.9 Å². The van der Waals surface area contributed by atoms with Crippen molar-refractivity contribution in [2.75, 3.05) is 25.5 Å². The molecule has 0 aliphatic rings. The largest absolute Gasteiger partial charge is 0.355 e. The highest BCUT2D eigenvalue weighted by Crippen LogP contribution is 2.27. The maximum absolute atomic E-state index is 12.2. The van der Waals surface area contributed by atoms with E-state index in [1.54, 1.807) is 0 Å². The van der Waals surface area contributed by atoms with Crippen LogP contribution in [0.4, 0.5) is 5.13 Å². The van der Waals surface area contributed by atoms with Crippen LogP contribution in [0.1, 0.15) is 30.9 Å². The molecule has 0 bridgehead atoms. The number of fused-ring (bicyclic) bond motifs is 1. The molecule has 30 heavy (non-hydrogen) atoms. The molecule has 0 unspecified atom stereocenters. The molecular weight excluding hydrogens is 396 g/mol. The van der Waals surface area contributed by atoms with Gasteiger partial charge in [0.1, 0.15) is 0 Å². The minimum Gasteiger partial charge on any atom is -0.355 e. The number of nitrogens with zero attached hydrogens (tertiary/aromatic N) is 2. The van der Waals surface area contributed by atoms with Crippen molar-refractivity contribution in [1.82, 2.24) is 15.2 Å². The lowest BCUT2D eigenvalue weighted by Gasteiger charge is -2.17. The zero-order chi connectivity index (χ0) is 21.3. The van der Waals surface area contributed by atoms with Crippen molar-refractivity contribution >= 4 is 38.5 Å². The van der Waals surface area contributed by atoms with Gasteiger partial charge in [-0.05, 0) is 36.7 Å². The number of carbonyl (C=O) groups is 2. The molecule has 1 heterocycles. The SMILES string of the molecule is CCC(=O)Nc1nc2ccc(CCC(=O)NCCN(C)Cc3ccccc3)cc2s1. The maximum atomic E-state index is 12.2. The number of likely N-dealkylation sites (N-methyl/N-ethyl adjacent to an activating group) is 1. The Balaban J connectivity index is 1.41. The Labute approximate surface area is 181 Å². The lowest BCUT2D eigenvalue weighted by molar-refractivity contribution is -0.121. The van der Waals surface area contributed by atoms with Crippen molar-refractivity contribution in [2.45, 2.75) is 32.7 Å². The number of amides is 2. The minimum absolute atomic E-state index is 0.0413. The summed E-state index contributed by atoms with van der Waals surface area (Å²) in [5.74, 6) is 0.0174. The number of aromatic nitrogens is 1. The number of carbonyl (C=O) groups excluding carboxylic acids is 2. The van der Waals surface area contributed by atoms with Gasteiger partial charge in [-0.1, -0.05) is 54.7 Å². The molecule has 1 aromatic heterocycles. The van der Waals surface area contributed by atoms with Gasteiger partial charge in [-0.25, -0.2) is 4.98 Å². The Bertz CT molecular complexity index is 987. The van der Waals surface area contributed by atoms with Crippen molar-refractivity contribution in [2.24, 2.45) is 0 Å². The third-order valence-electron chi connectivity index (χ3n) is 4.77. The van der Waals surface area contributed by atoms with Gasteiger partial charge in [0.05, 0.1) is 10.2 Å². The highest BCUT2D eigenvalue weighted by Gasteiger charge is 2.09. The predicted octanol–water partition coefficient (Wildman–Crippen LogP) is 3.83. The quantitative estimate of drug-likeness (QED) is 0.519. The van der Waals surface area contributed by atoms with Crippen molar-refractivity contribution in [3.8, 4) is 0 Å². The van der Waals surface area contributed by atoms with Crippen LogP contribution < -0.4 is 10.6 Å². The molecule has 7 heteroatoms. The molecule has 0 fully saturated rings. The third-order valence-corrected chi connectivity index (χ3v) is 5.71. The Hall–Kier alpha value is -2.77. The monoisotopic (exact) mass is 424 g/mol. The molecular formula is C23H28N4O2S. The number of nitrogens with one attached hydrogen (secondary N) is 2. The zero-order valence-corrected chi connectivity index (χ0v) is 18.3. The molecule has 0 aliphatic heterocycles. The van der Waals surface area contributed by atoms with Gasteiger partial charge in [0, 0.05) is 32.5 Å². The molecule has 2 N–H and O–H groups in total. The summed E-state index contributed by atoms with van der Waals surface area (Å²) in [6.07, 6.45) is 1.56. The molecule has 0 radical (unpaired) electrons. The average Bonchev–Trinajstić information content (AvgIpc) is 3.14. The molecule has 3 rings (SSSR count). The van der Waals surface area contributed by atoms with E-state index < -0.39 is 0 Å². The second kappa shape index (κ2) is 10.8. The number of rotatable bonds is 10. The first-order valence-electron chi connectivity index (χ1n) is 10.2. The van der Waals surface area contributed by atoms with Crippen molar-refractivity contribution in [3.63, 3.8) is 0 Å². The van der Waals surface area contributed by atoms with Crippen LogP contribution in [0.3, 0.4) is 0 Å². The predicted molar refractivity (Wildman–Crippen MR) is 123 cm³/mol. The Kier molecular flexibility index (Phi) is 7.93. The molecule has 6 nitrogen and oxygen atoms in total. The number of hydrogen-bond acceptors (Lipinski definition) is 5. The summed E-state index contributed by atoms with van der Waals surface area (Å²) in [4.78, 5) is 30.3. The van der Waals surface area contributed by atoms with Crippen LogP contribution in [0.5, 0.6) is 0 Å². The first-order valence-corrected chi connectivity index (χ1v) is 11.0. The first kappa shape index (κ1) is 21.9. The summed E-state index contributed by atoms with van der Waals surface area (Å²) in [5.41, 5.74) is 3.22. The molecule has 2 aromatic carbocycles. The normalized spacial score (nSPS) is 11.0. The second-order valence-corrected chi connectivity index (χ2v) is 8.33. The number of aryl methyl sites for hydroxylation is 1. The van der Waals surface area contributed by atoms with Crippen molar-refractivity contribution < 1.29 is 9.59 Å². The van der Waals surface area contributed by atoms with Gasteiger partial charge in [-0.2, -0.15) is 0 Å². The Morgan fingerprint density at radius 2 is 1.87 bits per heavy atom. The standard InChI is InChI=1S/C23H28N4O2S/c1-3-21(28)26-23-25-19-11-9-17(15-20(19)30-23)10-12-22(29)24-13-14-27(2)16-18-7-5-4-6-8-18/h4-9,11,15H,3,10,12-14,16H2,1-2H3,(H,24,29)(H,25,26,28). The minimum atomic E-state index is -0.0413. The highest BCUT2D eigenvalue weighted by molar-refractivity contribution is 7.22. The fourth-order valence-corrected chi connectivity index (χ4v) is 4.04. The van der Waals surface area contributed by atoms with Crippen LogP contribution in [0.15, 0.2) is 48.5 Å². The lowest BCUT2D eigenvalue weighted by Crippen LogP contribution is -2.32. The van der Waals surface area contributed by atoms with Crippen LogP contribution >= 0.6 is 11.3 Å². The van der Waals surface area contributed by atoms with E-state index in [-0.39, 0.29) is 11.8 Å². The van der Waals surface area contributed by atoms with Gasteiger partial charge in [-0.3, -0.25) is 9.59 Å². The summed E-state index contributed by atoms with van der Waals surface area (Å²) in [7, 11) is 2.06. The van der Waals surface area contributed by atoms with Crippen LogP contribution in [0.25, 0.3) is 10.2 Å². The molecule has 0 saturated heterocycles. The molecule has 158 valence electrons. The van der Waals surface area contributed by atoms with E-state index in [9.17, 15) is 9.59 Å². The molecule has 0 spiro atoms. The average molecular weight is 425 g/mol. The van der Waals surface area contributed by atoms with Crippen molar-refractivity contribution in [1.29, 1.82) is 0 Å². The summed E-state index contributed by atoms with van der Waals surface area (Å²) in [5, 5.41) is 6.42. The lowest BCUT2D eigenvalue weighted by atomic mass is 10.1. The molecule has 0 atom stereocenters. The van der Waals surface area contributed by atoms with Gasteiger partial charge < -0.3 is 15.5 Å². The summed E-state index contributed by atoms with van der Waals surface area (Å²) in [6, 6.07) is 16.3. The van der Waals surface area contributed by atoms with Gasteiger partial charge >= 0.3 is 0 Å². The fourth-order valence-electron chi connectivity index (χ4n) is 3.09. The van der Waals surface area contributed by atoms with E-state index in [0.717, 1.165) is 28.9 Å². The van der Waals surface area contributed by atoms with Gasteiger partial charge in [0.2, 0.25) is 11.8 Å². The van der Waals surface area contributed by atoms with Crippen molar-refractivity contribution in [3.05, 3.63) is 59.7 Å². The fraction of sp³-hybridized carbons (Fsp3) is 0.348. The molecule has 2 amide bonds. The van der Waals surface area contributed by atoms with Crippen LogP contribution in [0, 0.1) is 0 Å². The molecule has 3 aromatic rings. The third kappa shape index (κ3) is 6.64. The van der Waals surface area contributed by atoms with Crippen LogP contribution in [0.2, 0.25) is 0 Å². The number of anilines is 1. The number of benzene rings is 2. The van der Waals surface area contributed by atoms with Gasteiger partial charge in [-0.15, -0.1) is 0 Å².